The third-order valence-electron chi connectivity index (χ3n) is 4.04. The molecule has 0 fully saturated rings. The summed E-state index contributed by atoms with van der Waals surface area (Å²) in [5.41, 5.74) is 2.49. The Hall–Kier alpha value is -2.80. The Morgan fingerprint density at radius 3 is 2.68 bits per heavy atom. The second-order valence-electron chi connectivity index (χ2n) is 5.60. The summed E-state index contributed by atoms with van der Waals surface area (Å²) < 4.78 is 12.2. The van der Waals surface area contributed by atoms with Crippen LogP contribution in [0.15, 0.2) is 36.5 Å². The zero-order valence-electron chi connectivity index (χ0n) is 14.6. The lowest BCUT2D eigenvalue weighted by molar-refractivity contribution is 0.191. The SMILES string of the molecule is CCc1cc(NC[C@H](O)c2ccc(OC)c(OC)c2)n2nccc2n1. The second-order valence-corrected chi connectivity index (χ2v) is 5.60. The maximum atomic E-state index is 10.5. The molecule has 0 radical (unpaired) electrons. The topological polar surface area (TPSA) is 80.9 Å². The minimum atomic E-state index is -0.705. The molecule has 3 rings (SSSR count). The molecule has 3 aromatic rings. The number of hydrogen-bond donors (Lipinski definition) is 2. The van der Waals surface area contributed by atoms with Gasteiger partial charge in [0.1, 0.15) is 5.82 Å². The van der Waals surface area contributed by atoms with Gasteiger partial charge in [-0.25, -0.2) is 4.98 Å². The predicted octanol–water partition coefficient (Wildman–Crippen LogP) is 2.45. The van der Waals surface area contributed by atoms with Crippen LogP contribution >= 0.6 is 0 Å². The first-order valence-corrected chi connectivity index (χ1v) is 8.13. The van der Waals surface area contributed by atoms with E-state index in [0.29, 0.717) is 18.0 Å². The highest BCUT2D eigenvalue weighted by molar-refractivity contribution is 5.49. The number of hydrogen-bond acceptors (Lipinski definition) is 6. The van der Waals surface area contributed by atoms with Crippen molar-refractivity contribution in [2.24, 2.45) is 0 Å². The summed E-state index contributed by atoms with van der Waals surface area (Å²) in [5.74, 6) is 2.02. The second kappa shape index (κ2) is 7.40. The average molecular weight is 342 g/mol. The fourth-order valence-electron chi connectivity index (χ4n) is 2.65. The number of anilines is 1. The molecule has 2 N–H and O–H groups in total. The molecule has 1 atom stereocenters. The van der Waals surface area contributed by atoms with Gasteiger partial charge in [-0.1, -0.05) is 13.0 Å². The molecule has 1 aromatic carbocycles. The van der Waals surface area contributed by atoms with Gasteiger partial charge < -0.3 is 19.9 Å². The Morgan fingerprint density at radius 1 is 1.16 bits per heavy atom. The van der Waals surface area contributed by atoms with E-state index in [2.05, 4.69) is 22.3 Å². The summed E-state index contributed by atoms with van der Waals surface area (Å²) in [6.07, 6.45) is 1.83. The Balaban J connectivity index is 1.78. The van der Waals surface area contributed by atoms with Gasteiger partial charge in [0.15, 0.2) is 17.1 Å². The fraction of sp³-hybridized carbons (Fsp3) is 0.333. The number of benzene rings is 1. The third kappa shape index (κ3) is 3.51. The molecule has 0 amide bonds. The standard InChI is InChI=1S/C18H22N4O3/c1-4-13-10-18(22-17(21-13)7-8-20-22)19-11-14(23)12-5-6-15(24-2)16(9-12)25-3/h5-10,14,19,23H,4,11H2,1-3H3/t14-/m0/s1. The first-order valence-electron chi connectivity index (χ1n) is 8.13. The van der Waals surface area contributed by atoms with Gasteiger partial charge in [0.2, 0.25) is 0 Å². The minimum Gasteiger partial charge on any atom is -0.493 e. The summed E-state index contributed by atoms with van der Waals surface area (Å²) in [7, 11) is 3.16. The molecule has 7 heteroatoms. The van der Waals surface area contributed by atoms with Crippen LogP contribution in [-0.2, 0) is 6.42 Å². The van der Waals surface area contributed by atoms with Crippen LogP contribution in [0.25, 0.3) is 5.65 Å². The molecule has 0 spiro atoms. The zero-order valence-corrected chi connectivity index (χ0v) is 14.6. The van der Waals surface area contributed by atoms with Crippen LogP contribution in [-0.4, -0.2) is 40.5 Å². The Morgan fingerprint density at radius 2 is 1.96 bits per heavy atom. The van der Waals surface area contributed by atoms with E-state index >= 15 is 0 Å². The molecule has 132 valence electrons. The normalized spacial score (nSPS) is 12.2. The van der Waals surface area contributed by atoms with Crippen molar-refractivity contribution in [2.45, 2.75) is 19.4 Å². The van der Waals surface area contributed by atoms with E-state index in [4.69, 9.17) is 9.47 Å². The van der Waals surface area contributed by atoms with Crippen LogP contribution < -0.4 is 14.8 Å². The molecule has 25 heavy (non-hydrogen) atoms. The van der Waals surface area contributed by atoms with Gasteiger partial charge in [0.25, 0.3) is 0 Å². The third-order valence-corrected chi connectivity index (χ3v) is 4.04. The largest absolute Gasteiger partial charge is 0.493 e. The number of nitrogens with one attached hydrogen (secondary N) is 1. The molecule has 2 aromatic heterocycles. The number of aliphatic hydroxyl groups excluding tert-OH is 1. The molecule has 0 saturated heterocycles. The lowest BCUT2D eigenvalue weighted by Gasteiger charge is -2.16. The smallest absolute Gasteiger partial charge is 0.161 e. The molecule has 0 bridgehead atoms. The summed E-state index contributed by atoms with van der Waals surface area (Å²) in [6, 6.07) is 9.18. The van der Waals surface area contributed by atoms with E-state index in [-0.39, 0.29) is 0 Å². The van der Waals surface area contributed by atoms with Crippen LogP contribution in [0.5, 0.6) is 11.5 Å². The van der Waals surface area contributed by atoms with E-state index in [1.54, 1.807) is 37.1 Å². The number of fused-ring (bicyclic) bond motifs is 1. The summed E-state index contributed by atoms with van der Waals surface area (Å²) in [5, 5.41) is 18.0. The highest BCUT2D eigenvalue weighted by atomic mass is 16.5. The summed E-state index contributed by atoms with van der Waals surface area (Å²) in [4.78, 5) is 4.51. The lowest BCUT2D eigenvalue weighted by Crippen LogP contribution is -2.15. The molecular weight excluding hydrogens is 320 g/mol. The molecule has 0 saturated carbocycles. The van der Waals surface area contributed by atoms with Crippen molar-refractivity contribution in [3.8, 4) is 11.5 Å². The first kappa shape index (κ1) is 17.0. The monoisotopic (exact) mass is 342 g/mol. The summed E-state index contributed by atoms with van der Waals surface area (Å²) >= 11 is 0. The predicted molar refractivity (Wildman–Crippen MR) is 95.4 cm³/mol. The molecule has 2 heterocycles. The van der Waals surface area contributed by atoms with Gasteiger partial charge in [-0.2, -0.15) is 9.61 Å². The number of nitrogens with zero attached hydrogens (tertiary/aromatic N) is 3. The van der Waals surface area contributed by atoms with Gasteiger partial charge in [-0.05, 0) is 24.1 Å². The van der Waals surface area contributed by atoms with E-state index in [1.165, 1.54) is 0 Å². The molecule has 0 aliphatic carbocycles. The fourth-order valence-corrected chi connectivity index (χ4v) is 2.65. The van der Waals surface area contributed by atoms with Crippen LogP contribution in [0, 0.1) is 0 Å². The zero-order chi connectivity index (χ0) is 17.8. The van der Waals surface area contributed by atoms with E-state index < -0.39 is 6.10 Å². The van der Waals surface area contributed by atoms with Crippen LogP contribution in [0.3, 0.4) is 0 Å². The number of rotatable bonds is 7. The lowest BCUT2D eigenvalue weighted by atomic mass is 10.1. The number of aliphatic hydroxyl groups is 1. The Bertz CT molecular complexity index is 863. The average Bonchev–Trinajstić information content (AvgIpc) is 3.13. The molecule has 7 nitrogen and oxygen atoms in total. The van der Waals surface area contributed by atoms with Crippen molar-refractivity contribution >= 4 is 11.5 Å². The van der Waals surface area contributed by atoms with Crippen molar-refractivity contribution in [2.75, 3.05) is 26.1 Å². The van der Waals surface area contributed by atoms with Crippen molar-refractivity contribution in [1.82, 2.24) is 14.6 Å². The molecular formula is C18H22N4O3. The molecule has 0 aliphatic rings. The first-order chi connectivity index (χ1) is 12.2. The van der Waals surface area contributed by atoms with Gasteiger partial charge in [-0.15, -0.1) is 0 Å². The Kier molecular flexibility index (Phi) is 5.04. The van der Waals surface area contributed by atoms with Gasteiger partial charge in [0, 0.05) is 24.4 Å². The maximum Gasteiger partial charge on any atom is 0.161 e. The number of aromatic nitrogens is 3. The number of methoxy groups -OCH3 is 2. The van der Waals surface area contributed by atoms with Gasteiger partial charge in [0.05, 0.1) is 26.5 Å². The molecule has 0 unspecified atom stereocenters. The van der Waals surface area contributed by atoms with Gasteiger partial charge in [-0.3, -0.25) is 0 Å². The van der Waals surface area contributed by atoms with E-state index in [1.807, 2.05) is 18.2 Å². The van der Waals surface area contributed by atoms with Crippen molar-refractivity contribution in [3.05, 3.63) is 47.8 Å². The number of aryl methyl sites for hydroxylation is 1. The highest BCUT2D eigenvalue weighted by Gasteiger charge is 2.13. The van der Waals surface area contributed by atoms with E-state index in [0.717, 1.165) is 29.1 Å². The van der Waals surface area contributed by atoms with Crippen LogP contribution in [0.1, 0.15) is 24.3 Å². The van der Waals surface area contributed by atoms with Crippen molar-refractivity contribution in [3.63, 3.8) is 0 Å². The number of ether oxygens (including phenoxy) is 2. The van der Waals surface area contributed by atoms with Crippen LogP contribution in [0.4, 0.5) is 5.82 Å². The minimum absolute atomic E-state index is 0.331. The van der Waals surface area contributed by atoms with Gasteiger partial charge >= 0.3 is 0 Å². The Labute approximate surface area is 146 Å². The van der Waals surface area contributed by atoms with Crippen molar-refractivity contribution in [1.29, 1.82) is 0 Å². The summed E-state index contributed by atoms with van der Waals surface area (Å²) in [6.45, 7) is 2.38. The van der Waals surface area contributed by atoms with E-state index in [9.17, 15) is 5.11 Å². The molecule has 0 aliphatic heterocycles. The quantitative estimate of drug-likeness (QED) is 0.686. The van der Waals surface area contributed by atoms with Crippen LogP contribution in [0.2, 0.25) is 0 Å². The highest BCUT2D eigenvalue weighted by Crippen LogP contribution is 2.30. The maximum absolute atomic E-state index is 10.5. The van der Waals surface area contributed by atoms with Crippen molar-refractivity contribution < 1.29 is 14.6 Å².